The molecule has 3 aromatic rings. The monoisotopic (exact) mass is 394 g/mol. The predicted molar refractivity (Wildman–Crippen MR) is 122 cm³/mol. The number of nitrogens with one attached hydrogen (secondary N) is 1. The first-order valence-electron chi connectivity index (χ1n) is 10.7. The summed E-state index contributed by atoms with van der Waals surface area (Å²) in [4.78, 5) is 10.1. The molecule has 0 unspecified atom stereocenters. The Morgan fingerprint density at radius 1 is 1.14 bits per heavy atom. The van der Waals surface area contributed by atoms with Crippen LogP contribution in [-0.2, 0) is 11.2 Å². The molecule has 156 valence electrons. The second kappa shape index (κ2) is 8.95. The number of rotatable bonds is 8. The van der Waals surface area contributed by atoms with Crippen molar-refractivity contribution in [3.05, 3.63) is 41.2 Å². The Labute approximate surface area is 174 Å². The number of nitrogens with zero attached hydrogens (tertiary/aromatic N) is 3. The van der Waals surface area contributed by atoms with Crippen molar-refractivity contribution in [2.45, 2.75) is 59.9 Å². The summed E-state index contributed by atoms with van der Waals surface area (Å²) in [5.74, 6) is 1.31. The van der Waals surface area contributed by atoms with Gasteiger partial charge in [-0.15, -0.1) is 0 Å². The second-order valence-electron chi connectivity index (χ2n) is 8.06. The minimum absolute atomic E-state index is 0.262. The number of aryl methyl sites for hydroxylation is 2. The summed E-state index contributed by atoms with van der Waals surface area (Å²) in [5, 5.41) is 3.45. The maximum Gasteiger partial charge on any atom is 0.135 e. The molecule has 0 bridgehead atoms. The van der Waals surface area contributed by atoms with Crippen molar-refractivity contribution in [2.75, 3.05) is 25.6 Å². The van der Waals surface area contributed by atoms with Crippen molar-refractivity contribution in [1.29, 1.82) is 0 Å². The summed E-state index contributed by atoms with van der Waals surface area (Å²) < 4.78 is 7.67. The van der Waals surface area contributed by atoms with Gasteiger partial charge in [-0.05, 0) is 62.4 Å². The lowest BCUT2D eigenvalue weighted by molar-refractivity contribution is 0.164. The molecule has 1 N–H and O–H groups in total. The molecule has 3 heterocycles. The fourth-order valence-corrected chi connectivity index (χ4v) is 3.85. The number of pyridine rings is 2. The highest BCUT2D eigenvalue weighted by Crippen LogP contribution is 2.34. The van der Waals surface area contributed by atoms with Crippen LogP contribution in [-0.4, -0.2) is 34.8 Å². The molecule has 0 aromatic carbocycles. The van der Waals surface area contributed by atoms with Crippen LogP contribution in [0.25, 0.3) is 22.3 Å². The smallest absolute Gasteiger partial charge is 0.135 e. The molecule has 0 saturated carbocycles. The van der Waals surface area contributed by atoms with Crippen LogP contribution in [0, 0.1) is 6.92 Å². The molecule has 0 aliphatic rings. The van der Waals surface area contributed by atoms with Crippen molar-refractivity contribution < 1.29 is 4.74 Å². The molecular formula is C24H34N4O. The highest BCUT2D eigenvalue weighted by molar-refractivity contribution is 5.86. The van der Waals surface area contributed by atoms with Crippen LogP contribution < -0.4 is 5.32 Å². The Balaban J connectivity index is 2.21. The van der Waals surface area contributed by atoms with Gasteiger partial charge in [-0.25, -0.2) is 9.97 Å². The van der Waals surface area contributed by atoms with Crippen molar-refractivity contribution in [3.63, 3.8) is 0 Å². The van der Waals surface area contributed by atoms with Gasteiger partial charge >= 0.3 is 0 Å². The standard InChI is InChI=1S/C24H34N4O/c1-8-18-12-21-22(16(5)13-28(21)17(6)14-29-7)27-23(18)19-10-11-20(15(3)4)26-24(19)25-9-2/h10-13,15,17H,8-9,14H2,1-7H3,(H,25,26)/t17-/m0/s1. The largest absolute Gasteiger partial charge is 0.383 e. The van der Waals surface area contributed by atoms with E-state index in [9.17, 15) is 0 Å². The zero-order valence-electron chi connectivity index (χ0n) is 18.8. The lowest BCUT2D eigenvalue weighted by atomic mass is 10.0. The Kier molecular flexibility index (Phi) is 6.58. The Morgan fingerprint density at radius 3 is 2.52 bits per heavy atom. The Bertz CT molecular complexity index is 990. The van der Waals surface area contributed by atoms with Crippen LogP contribution in [0.15, 0.2) is 24.4 Å². The molecular weight excluding hydrogens is 360 g/mol. The zero-order valence-corrected chi connectivity index (χ0v) is 18.8. The van der Waals surface area contributed by atoms with Gasteiger partial charge in [-0.3, -0.25) is 0 Å². The predicted octanol–water partition coefficient (Wildman–Crippen LogP) is 5.73. The van der Waals surface area contributed by atoms with Gasteiger partial charge in [-0.1, -0.05) is 20.8 Å². The van der Waals surface area contributed by atoms with E-state index in [1.807, 2.05) is 0 Å². The number of fused-ring (bicyclic) bond motifs is 1. The topological polar surface area (TPSA) is 52.0 Å². The minimum Gasteiger partial charge on any atom is -0.383 e. The van der Waals surface area contributed by atoms with Crippen LogP contribution in [0.3, 0.4) is 0 Å². The molecule has 0 saturated heterocycles. The third kappa shape index (κ3) is 4.15. The van der Waals surface area contributed by atoms with Gasteiger partial charge in [-0.2, -0.15) is 0 Å². The first kappa shape index (κ1) is 21.3. The third-order valence-corrected chi connectivity index (χ3v) is 5.44. The second-order valence-corrected chi connectivity index (χ2v) is 8.06. The highest BCUT2D eigenvalue weighted by atomic mass is 16.5. The van der Waals surface area contributed by atoms with Crippen LogP contribution in [0.4, 0.5) is 5.82 Å². The minimum atomic E-state index is 0.262. The van der Waals surface area contributed by atoms with E-state index < -0.39 is 0 Å². The number of hydrogen-bond acceptors (Lipinski definition) is 4. The summed E-state index contributed by atoms with van der Waals surface area (Å²) in [6.07, 6.45) is 3.11. The summed E-state index contributed by atoms with van der Waals surface area (Å²) in [6.45, 7) is 14.5. The maximum atomic E-state index is 5.38. The zero-order chi connectivity index (χ0) is 21.1. The average molecular weight is 395 g/mol. The summed E-state index contributed by atoms with van der Waals surface area (Å²) in [6, 6.07) is 6.86. The SMILES string of the molecule is CCNc1nc(C(C)C)ccc1-c1nc2c(C)cn([C@@H](C)COC)c2cc1CC. The lowest BCUT2D eigenvalue weighted by Crippen LogP contribution is -2.10. The summed E-state index contributed by atoms with van der Waals surface area (Å²) in [7, 11) is 1.75. The van der Waals surface area contributed by atoms with Crippen LogP contribution in [0.2, 0.25) is 0 Å². The number of ether oxygens (including phenoxy) is 1. The number of anilines is 1. The normalized spacial score (nSPS) is 12.7. The van der Waals surface area contributed by atoms with Gasteiger partial charge in [0.25, 0.3) is 0 Å². The average Bonchev–Trinajstić information content (AvgIpc) is 3.03. The van der Waals surface area contributed by atoms with E-state index in [1.54, 1.807) is 7.11 Å². The van der Waals surface area contributed by atoms with E-state index in [0.717, 1.165) is 41.3 Å². The van der Waals surface area contributed by atoms with E-state index in [2.05, 4.69) is 75.8 Å². The van der Waals surface area contributed by atoms with Crippen molar-refractivity contribution in [1.82, 2.24) is 14.5 Å². The van der Waals surface area contributed by atoms with E-state index in [-0.39, 0.29) is 6.04 Å². The van der Waals surface area contributed by atoms with Crippen molar-refractivity contribution in [3.8, 4) is 11.3 Å². The number of hydrogen-bond donors (Lipinski definition) is 1. The fourth-order valence-electron chi connectivity index (χ4n) is 3.85. The molecule has 5 nitrogen and oxygen atoms in total. The van der Waals surface area contributed by atoms with Gasteiger partial charge in [0, 0.05) is 31.1 Å². The van der Waals surface area contributed by atoms with E-state index in [0.29, 0.717) is 12.5 Å². The molecule has 0 aliphatic carbocycles. The van der Waals surface area contributed by atoms with E-state index >= 15 is 0 Å². The molecule has 0 radical (unpaired) electrons. The summed E-state index contributed by atoms with van der Waals surface area (Å²) >= 11 is 0. The van der Waals surface area contributed by atoms with Gasteiger partial charge in [0.1, 0.15) is 5.82 Å². The first-order chi connectivity index (χ1) is 13.9. The molecule has 0 fully saturated rings. The third-order valence-electron chi connectivity index (χ3n) is 5.44. The van der Waals surface area contributed by atoms with Crippen LogP contribution in [0.5, 0.6) is 0 Å². The van der Waals surface area contributed by atoms with Gasteiger partial charge < -0.3 is 14.6 Å². The molecule has 0 spiro atoms. The molecule has 1 atom stereocenters. The van der Waals surface area contributed by atoms with Crippen molar-refractivity contribution >= 4 is 16.9 Å². The maximum absolute atomic E-state index is 5.38. The first-order valence-corrected chi connectivity index (χ1v) is 10.7. The van der Waals surface area contributed by atoms with Gasteiger partial charge in [0.05, 0.1) is 29.4 Å². The molecule has 29 heavy (non-hydrogen) atoms. The van der Waals surface area contributed by atoms with Crippen molar-refractivity contribution in [2.24, 2.45) is 0 Å². The molecule has 3 aromatic heterocycles. The van der Waals surface area contributed by atoms with E-state index in [1.165, 1.54) is 16.6 Å². The molecule has 3 rings (SSSR count). The molecule has 0 amide bonds. The highest BCUT2D eigenvalue weighted by Gasteiger charge is 2.19. The fraction of sp³-hybridized carbons (Fsp3) is 0.500. The quantitative estimate of drug-likeness (QED) is 0.530. The molecule has 0 aliphatic heterocycles. The van der Waals surface area contributed by atoms with Crippen LogP contribution >= 0.6 is 0 Å². The Hall–Kier alpha value is -2.40. The van der Waals surface area contributed by atoms with E-state index in [4.69, 9.17) is 14.7 Å². The summed E-state index contributed by atoms with van der Waals surface area (Å²) in [5.41, 5.74) is 7.84. The van der Waals surface area contributed by atoms with Gasteiger partial charge in [0.2, 0.25) is 0 Å². The van der Waals surface area contributed by atoms with Gasteiger partial charge in [0.15, 0.2) is 0 Å². The van der Waals surface area contributed by atoms with Crippen LogP contribution in [0.1, 0.15) is 63.4 Å². The number of aromatic nitrogens is 3. The Morgan fingerprint density at radius 2 is 1.90 bits per heavy atom. The lowest BCUT2D eigenvalue weighted by Gasteiger charge is -2.17. The molecule has 5 heteroatoms. The number of methoxy groups -OCH3 is 1.